The predicted molar refractivity (Wildman–Crippen MR) is 75.4 cm³/mol. The first kappa shape index (κ1) is 12.5. The van der Waals surface area contributed by atoms with Crippen LogP contribution < -0.4 is 5.32 Å². The lowest BCUT2D eigenvalue weighted by molar-refractivity contribution is 0.102. The van der Waals surface area contributed by atoms with Crippen molar-refractivity contribution in [3.63, 3.8) is 0 Å². The first-order chi connectivity index (χ1) is 8.70. The van der Waals surface area contributed by atoms with Crippen LogP contribution in [0.2, 0.25) is 0 Å². The van der Waals surface area contributed by atoms with Gasteiger partial charge in [-0.25, -0.2) is 0 Å². The molecule has 2 aromatic rings. The quantitative estimate of drug-likeness (QED) is 0.827. The molecule has 92 valence electrons. The lowest BCUT2D eigenvalue weighted by Crippen LogP contribution is -2.12. The molecule has 0 aliphatic heterocycles. The minimum atomic E-state index is -0.190. The average Bonchev–Trinajstić information content (AvgIpc) is 2.39. The Bertz CT molecular complexity index is 619. The number of benzene rings is 1. The lowest BCUT2D eigenvalue weighted by atomic mass is 10.1. The molecule has 0 fully saturated rings. The zero-order valence-corrected chi connectivity index (χ0v) is 10.9. The Kier molecular flexibility index (Phi) is 3.89. The smallest absolute Gasteiger partial charge is 0.258 e. The van der Waals surface area contributed by atoms with Gasteiger partial charge in [0, 0.05) is 11.9 Å². The van der Waals surface area contributed by atoms with Crippen molar-refractivity contribution in [1.29, 1.82) is 0 Å². The number of carbonyl (C=O) groups is 1. The lowest BCUT2D eigenvalue weighted by Gasteiger charge is -2.06. The van der Waals surface area contributed by atoms with Crippen molar-refractivity contribution < 1.29 is 4.79 Å². The third-order valence-electron chi connectivity index (χ3n) is 2.66. The van der Waals surface area contributed by atoms with Gasteiger partial charge in [0.05, 0.1) is 5.56 Å². The Hall–Kier alpha value is -1.94. The first-order valence-electron chi connectivity index (χ1n) is 5.78. The maximum absolute atomic E-state index is 12.0. The van der Waals surface area contributed by atoms with Crippen LogP contribution in [0.15, 0.2) is 42.6 Å². The fraction of sp³-hybridized carbons (Fsp3) is 0.143. The molecule has 18 heavy (non-hydrogen) atoms. The van der Waals surface area contributed by atoms with Crippen molar-refractivity contribution in [1.82, 2.24) is 4.98 Å². The van der Waals surface area contributed by atoms with Crippen LogP contribution in [0.3, 0.4) is 0 Å². The molecule has 0 spiro atoms. The topological polar surface area (TPSA) is 44.9 Å². The number of pyridine rings is 1. The number of carbonyl (C=O) groups excluding carboxylic acids is 1. The number of aromatic nitrogens is 1. The van der Waals surface area contributed by atoms with Crippen LogP contribution in [0.25, 0.3) is 0 Å². The predicted octanol–water partition coefficient (Wildman–Crippen LogP) is 3.56. The van der Waals surface area contributed by atoms with Gasteiger partial charge in [0.15, 0.2) is 0 Å². The van der Waals surface area contributed by atoms with Crippen molar-refractivity contribution in [3.05, 3.63) is 58.4 Å². The number of anilines is 1. The fourth-order valence-electron chi connectivity index (χ4n) is 1.67. The number of hydrogen-bond donors (Lipinski definition) is 2. The maximum Gasteiger partial charge on any atom is 0.258 e. The molecule has 0 radical (unpaired) electrons. The number of H-pyrrole nitrogens is 1. The summed E-state index contributed by atoms with van der Waals surface area (Å²) >= 11 is 5.08. The minimum absolute atomic E-state index is 0.190. The van der Waals surface area contributed by atoms with E-state index < -0.39 is 0 Å². The van der Waals surface area contributed by atoms with Gasteiger partial charge in [-0.3, -0.25) is 4.79 Å². The highest BCUT2D eigenvalue weighted by atomic mass is 32.1. The Labute approximate surface area is 111 Å². The Morgan fingerprint density at radius 3 is 2.89 bits per heavy atom. The van der Waals surface area contributed by atoms with E-state index in [9.17, 15) is 4.79 Å². The highest BCUT2D eigenvalue weighted by Gasteiger charge is 2.07. The van der Waals surface area contributed by atoms with Crippen LogP contribution in [0.1, 0.15) is 22.8 Å². The molecular weight excluding hydrogens is 244 g/mol. The SMILES string of the molecule is CCc1cccc(NC(=O)c2ccc[nH]c2=S)c1. The summed E-state index contributed by atoms with van der Waals surface area (Å²) in [5.41, 5.74) is 2.46. The molecule has 0 unspecified atom stereocenters. The number of hydrogen-bond acceptors (Lipinski definition) is 2. The number of nitrogens with one attached hydrogen (secondary N) is 2. The van der Waals surface area contributed by atoms with Gasteiger partial charge in [-0.2, -0.15) is 0 Å². The molecule has 0 aliphatic carbocycles. The van der Waals surface area contributed by atoms with E-state index >= 15 is 0 Å². The van der Waals surface area contributed by atoms with Gasteiger partial charge in [-0.1, -0.05) is 31.3 Å². The van der Waals surface area contributed by atoms with Gasteiger partial charge in [0.2, 0.25) is 0 Å². The van der Waals surface area contributed by atoms with E-state index in [1.54, 1.807) is 18.3 Å². The van der Waals surface area contributed by atoms with E-state index in [2.05, 4.69) is 17.2 Å². The second-order valence-electron chi connectivity index (χ2n) is 3.92. The van der Waals surface area contributed by atoms with E-state index in [1.165, 1.54) is 5.56 Å². The summed E-state index contributed by atoms with van der Waals surface area (Å²) in [6.45, 7) is 2.08. The molecule has 0 aliphatic rings. The molecule has 2 N–H and O–H groups in total. The van der Waals surface area contributed by atoms with Crippen molar-refractivity contribution in [2.45, 2.75) is 13.3 Å². The van der Waals surface area contributed by atoms with Gasteiger partial charge in [0.1, 0.15) is 4.64 Å². The summed E-state index contributed by atoms with van der Waals surface area (Å²) in [6, 6.07) is 11.3. The fourth-order valence-corrected chi connectivity index (χ4v) is 1.90. The largest absolute Gasteiger partial charge is 0.352 e. The molecular formula is C14H14N2OS. The molecule has 1 aromatic carbocycles. The summed E-state index contributed by atoms with van der Waals surface area (Å²) in [7, 11) is 0. The average molecular weight is 258 g/mol. The van der Waals surface area contributed by atoms with Crippen molar-refractivity contribution in [3.8, 4) is 0 Å². The minimum Gasteiger partial charge on any atom is -0.352 e. The molecule has 0 saturated carbocycles. The van der Waals surface area contributed by atoms with E-state index in [4.69, 9.17) is 12.2 Å². The summed E-state index contributed by atoms with van der Waals surface area (Å²) < 4.78 is 0.446. The monoisotopic (exact) mass is 258 g/mol. The van der Waals surface area contributed by atoms with Gasteiger partial charge >= 0.3 is 0 Å². The van der Waals surface area contributed by atoms with E-state index in [0.717, 1.165) is 12.1 Å². The zero-order valence-electron chi connectivity index (χ0n) is 10.1. The van der Waals surface area contributed by atoms with Crippen LogP contribution in [-0.4, -0.2) is 10.9 Å². The van der Waals surface area contributed by atoms with Gasteiger partial charge in [0.25, 0.3) is 5.91 Å². The Morgan fingerprint density at radius 2 is 2.17 bits per heavy atom. The summed E-state index contributed by atoms with van der Waals surface area (Å²) in [5, 5.41) is 2.85. The molecule has 0 bridgehead atoms. The summed E-state index contributed by atoms with van der Waals surface area (Å²) in [5.74, 6) is -0.190. The second kappa shape index (κ2) is 5.60. The first-order valence-corrected chi connectivity index (χ1v) is 6.19. The third-order valence-corrected chi connectivity index (χ3v) is 2.99. The van der Waals surface area contributed by atoms with Crippen molar-refractivity contribution in [2.75, 3.05) is 5.32 Å². The van der Waals surface area contributed by atoms with Crippen LogP contribution in [0, 0.1) is 4.64 Å². The van der Waals surface area contributed by atoms with E-state index in [-0.39, 0.29) is 5.91 Å². The molecule has 1 amide bonds. The molecule has 0 saturated heterocycles. The molecule has 1 aromatic heterocycles. The van der Waals surface area contributed by atoms with Gasteiger partial charge < -0.3 is 10.3 Å². The van der Waals surface area contributed by atoms with Crippen LogP contribution >= 0.6 is 12.2 Å². The number of rotatable bonds is 3. The molecule has 2 rings (SSSR count). The Balaban J connectivity index is 2.21. The van der Waals surface area contributed by atoms with Crippen molar-refractivity contribution >= 4 is 23.8 Å². The van der Waals surface area contributed by atoms with E-state index in [1.807, 2.05) is 24.3 Å². The van der Waals surface area contributed by atoms with Gasteiger partial charge in [-0.15, -0.1) is 0 Å². The van der Waals surface area contributed by atoms with Gasteiger partial charge in [-0.05, 0) is 36.2 Å². The highest BCUT2D eigenvalue weighted by Crippen LogP contribution is 2.12. The molecule has 3 nitrogen and oxygen atoms in total. The summed E-state index contributed by atoms with van der Waals surface area (Å²) in [6.07, 6.45) is 2.64. The molecule has 0 atom stereocenters. The van der Waals surface area contributed by atoms with Crippen LogP contribution in [-0.2, 0) is 6.42 Å². The molecule has 4 heteroatoms. The number of aryl methyl sites for hydroxylation is 1. The number of aromatic amines is 1. The van der Waals surface area contributed by atoms with Crippen molar-refractivity contribution in [2.24, 2.45) is 0 Å². The maximum atomic E-state index is 12.0. The van der Waals surface area contributed by atoms with Crippen LogP contribution in [0.5, 0.6) is 0 Å². The molecule has 1 heterocycles. The van der Waals surface area contributed by atoms with Crippen LogP contribution in [0.4, 0.5) is 5.69 Å². The zero-order chi connectivity index (χ0) is 13.0. The third kappa shape index (κ3) is 2.84. The Morgan fingerprint density at radius 1 is 1.33 bits per heavy atom. The standard InChI is InChI=1S/C14H14N2OS/c1-2-10-5-3-6-11(9-10)16-13(17)12-7-4-8-15-14(12)18/h3-9H,2H2,1H3,(H,15,18)(H,16,17). The highest BCUT2D eigenvalue weighted by molar-refractivity contribution is 7.71. The number of amides is 1. The normalized spacial score (nSPS) is 10.1. The second-order valence-corrected chi connectivity index (χ2v) is 4.33. The summed E-state index contributed by atoms with van der Waals surface area (Å²) in [4.78, 5) is 14.9. The van der Waals surface area contributed by atoms with E-state index in [0.29, 0.717) is 10.2 Å².